The lowest BCUT2D eigenvalue weighted by Gasteiger charge is -2.03. The molecular formula is C24H20N8S. The number of aromatic amines is 2. The number of nitrogens with one attached hydrogen (secondary N) is 2. The molecule has 9 heteroatoms. The Balaban J connectivity index is 1.49. The van der Waals surface area contributed by atoms with Crippen LogP contribution in [0.15, 0.2) is 49.4 Å². The van der Waals surface area contributed by atoms with Crippen LogP contribution < -0.4 is 0 Å². The molecule has 6 rings (SSSR count). The van der Waals surface area contributed by atoms with Crippen molar-refractivity contribution in [3.63, 3.8) is 0 Å². The molecule has 162 valence electrons. The minimum Gasteiger partial charge on any atom is -0.335 e. The maximum Gasteiger partial charge on any atom is 0.178 e. The molecule has 8 nitrogen and oxygen atoms in total. The molecule has 6 heterocycles. The molecule has 0 radical (unpaired) electrons. The van der Waals surface area contributed by atoms with Crippen LogP contribution >= 0.6 is 11.3 Å². The lowest BCUT2D eigenvalue weighted by Crippen LogP contribution is -1.95. The van der Waals surface area contributed by atoms with E-state index in [1.807, 2.05) is 43.8 Å². The number of fused-ring (bicyclic) bond motifs is 2. The van der Waals surface area contributed by atoms with Crippen LogP contribution in [0.5, 0.6) is 0 Å². The Hall–Kier alpha value is -4.11. The molecule has 0 spiro atoms. The van der Waals surface area contributed by atoms with E-state index in [1.165, 1.54) is 4.88 Å². The average Bonchev–Trinajstić information content (AvgIpc) is 3.59. The molecule has 0 aliphatic carbocycles. The van der Waals surface area contributed by atoms with Crippen molar-refractivity contribution in [2.75, 3.05) is 0 Å². The second kappa shape index (κ2) is 7.21. The van der Waals surface area contributed by atoms with Crippen LogP contribution in [-0.2, 0) is 7.05 Å². The van der Waals surface area contributed by atoms with Crippen LogP contribution in [-0.4, -0.2) is 39.7 Å². The molecule has 0 atom stereocenters. The van der Waals surface area contributed by atoms with Gasteiger partial charge in [-0.05, 0) is 43.7 Å². The molecule has 6 aromatic heterocycles. The number of aromatic nitrogens is 8. The molecule has 0 saturated carbocycles. The average molecular weight is 453 g/mol. The maximum atomic E-state index is 4.76. The topological polar surface area (TPSA) is 101 Å². The third-order valence-corrected chi connectivity index (χ3v) is 7.12. The number of H-pyrrole nitrogens is 2. The van der Waals surface area contributed by atoms with Crippen LogP contribution in [0.4, 0.5) is 0 Å². The normalized spacial score (nSPS) is 11.6. The summed E-state index contributed by atoms with van der Waals surface area (Å²) >= 11 is 1.71. The number of aryl methyl sites for hydroxylation is 1. The van der Waals surface area contributed by atoms with E-state index in [-0.39, 0.29) is 0 Å². The Labute approximate surface area is 193 Å². The molecule has 2 N–H and O–H groups in total. The fourth-order valence-electron chi connectivity index (χ4n) is 3.92. The molecular weight excluding hydrogens is 432 g/mol. The summed E-state index contributed by atoms with van der Waals surface area (Å²) in [4.78, 5) is 24.0. The molecule has 0 aromatic carbocycles. The van der Waals surface area contributed by atoms with Gasteiger partial charge in [-0.3, -0.25) is 10.1 Å². The third kappa shape index (κ3) is 3.08. The molecule has 0 aliphatic rings. The highest BCUT2D eigenvalue weighted by Gasteiger charge is 2.18. The zero-order chi connectivity index (χ0) is 22.7. The first-order valence-electron chi connectivity index (χ1n) is 10.4. The van der Waals surface area contributed by atoms with E-state index in [9.17, 15) is 0 Å². The predicted molar refractivity (Wildman–Crippen MR) is 132 cm³/mol. The van der Waals surface area contributed by atoms with Gasteiger partial charge in [0.15, 0.2) is 11.5 Å². The van der Waals surface area contributed by atoms with Crippen molar-refractivity contribution in [3.05, 3.63) is 60.1 Å². The van der Waals surface area contributed by atoms with Gasteiger partial charge in [0, 0.05) is 33.9 Å². The van der Waals surface area contributed by atoms with Crippen molar-refractivity contribution in [2.45, 2.75) is 13.8 Å². The summed E-state index contributed by atoms with van der Waals surface area (Å²) in [6.45, 7) is 8.04. The van der Waals surface area contributed by atoms with Gasteiger partial charge in [0.1, 0.15) is 11.5 Å². The van der Waals surface area contributed by atoms with Gasteiger partial charge in [0.2, 0.25) is 0 Å². The van der Waals surface area contributed by atoms with E-state index in [0.717, 1.165) is 55.3 Å². The highest BCUT2D eigenvalue weighted by atomic mass is 32.1. The zero-order valence-corrected chi connectivity index (χ0v) is 19.2. The summed E-state index contributed by atoms with van der Waals surface area (Å²) < 4.78 is 2.02. The first-order chi connectivity index (χ1) is 16.0. The van der Waals surface area contributed by atoms with Crippen molar-refractivity contribution in [2.24, 2.45) is 7.05 Å². The van der Waals surface area contributed by atoms with Gasteiger partial charge in [-0.1, -0.05) is 6.58 Å². The van der Waals surface area contributed by atoms with Crippen LogP contribution in [0, 0.1) is 6.92 Å². The summed E-state index contributed by atoms with van der Waals surface area (Å²) in [6, 6.07) is 8.24. The fraction of sp³-hybridized carbons (Fsp3) is 0.125. The lowest BCUT2D eigenvalue weighted by atomic mass is 10.2. The van der Waals surface area contributed by atoms with Gasteiger partial charge >= 0.3 is 0 Å². The Morgan fingerprint density at radius 2 is 2.00 bits per heavy atom. The Kier molecular flexibility index (Phi) is 4.27. The maximum absolute atomic E-state index is 4.76. The first-order valence-corrected chi connectivity index (χ1v) is 11.2. The Morgan fingerprint density at radius 1 is 1.12 bits per heavy atom. The van der Waals surface area contributed by atoms with E-state index in [4.69, 9.17) is 4.98 Å². The molecule has 0 saturated heterocycles. The van der Waals surface area contributed by atoms with Crippen molar-refractivity contribution in [1.82, 2.24) is 39.7 Å². The molecule has 33 heavy (non-hydrogen) atoms. The summed E-state index contributed by atoms with van der Waals surface area (Å²) in [7, 11) is 1.98. The summed E-state index contributed by atoms with van der Waals surface area (Å²) in [5, 5.41) is 8.53. The number of hydrogen-bond donors (Lipinski definition) is 2. The van der Waals surface area contributed by atoms with Gasteiger partial charge in [-0.25, -0.2) is 15.0 Å². The number of rotatable bonds is 4. The Morgan fingerprint density at radius 3 is 2.76 bits per heavy atom. The minimum atomic E-state index is 0.653. The number of nitrogens with zero attached hydrogens (tertiary/aromatic N) is 6. The van der Waals surface area contributed by atoms with Gasteiger partial charge in [-0.2, -0.15) is 5.10 Å². The van der Waals surface area contributed by atoms with Crippen molar-refractivity contribution >= 4 is 39.0 Å². The monoisotopic (exact) mass is 452 g/mol. The number of hydrogen-bond acceptors (Lipinski definition) is 6. The van der Waals surface area contributed by atoms with E-state index < -0.39 is 0 Å². The molecule has 0 aliphatic heterocycles. The quantitative estimate of drug-likeness (QED) is 0.375. The van der Waals surface area contributed by atoms with Crippen LogP contribution in [0.1, 0.15) is 17.6 Å². The van der Waals surface area contributed by atoms with Crippen LogP contribution in [0.2, 0.25) is 0 Å². The Bertz CT molecular complexity index is 1680. The molecule has 6 aromatic rings. The zero-order valence-electron chi connectivity index (χ0n) is 18.3. The van der Waals surface area contributed by atoms with Crippen LogP contribution in [0.3, 0.4) is 0 Å². The predicted octanol–water partition coefficient (Wildman–Crippen LogP) is 5.37. The standard InChI is InChI=1S/C24H20N8S/c1-12(2)19-5-6-20(33-19)14-7-8-25-23-21(14)28-24(29-23)22-15-9-16(27-10-17(15)30-31-22)18-11-26-13(3)32(18)4/h5-11H,1H2,2-4H3,(H,30,31)(H,25,28,29). The summed E-state index contributed by atoms with van der Waals surface area (Å²) in [5.41, 5.74) is 6.99. The SMILES string of the molecule is C=C(C)c1ccc(-c2ccnc3nc(-c4n[nH]c5cnc(-c6cnc(C)n6C)cc45)[nH]c23)s1. The lowest BCUT2D eigenvalue weighted by molar-refractivity contribution is 0.862. The number of pyridine rings is 2. The summed E-state index contributed by atoms with van der Waals surface area (Å²) in [6.07, 6.45) is 5.42. The van der Waals surface area contributed by atoms with Crippen molar-refractivity contribution in [1.29, 1.82) is 0 Å². The number of thiophene rings is 1. The molecule has 0 fully saturated rings. The van der Waals surface area contributed by atoms with Crippen LogP contribution in [0.25, 0.3) is 61.0 Å². The summed E-state index contributed by atoms with van der Waals surface area (Å²) in [5.74, 6) is 1.59. The van der Waals surface area contributed by atoms with Gasteiger partial charge < -0.3 is 9.55 Å². The fourth-order valence-corrected chi connectivity index (χ4v) is 4.88. The van der Waals surface area contributed by atoms with Gasteiger partial charge in [0.05, 0.1) is 34.8 Å². The number of allylic oxidation sites excluding steroid dienone is 1. The molecule has 0 unspecified atom stereocenters. The molecule has 0 amide bonds. The first kappa shape index (κ1) is 19.6. The van der Waals surface area contributed by atoms with E-state index in [2.05, 4.69) is 48.8 Å². The van der Waals surface area contributed by atoms with E-state index in [1.54, 1.807) is 23.7 Å². The van der Waals surface area contributed by atoms with E-state index >= 15 is 0 Å². The highest BCUT2D eigenvalue weighted by Crippen LogP contribution is 2.36. The van der Waals surface area contributed by atoms with Gasteiger partial charge in [-0.15, -0.1) is 11.3 Å². The largest absolute Gasteiger partial charge is 0.335 e. The second-order valence-electron chi connectivity index (χ2n) is 8.02. The third-order valence-electron chi connectivity index (χ3n) is 5.84. The van der Waals surface area contributed by atoms with Gasteiger partial charge in [0.25, 0.3) is 0 Å². The van der Waals surface area contributed by atoms with Crippen molar-refractivity contribution < 1.29 is 0 Å². The van der Waals surface area contributed by atoms with E-state index in [0.29, 0.717) is 11.5 Å². The number of imidazole rings is 2. The van der Waals surface area contributed by atoms with Crippen molar-refractivity contribution in [3.8, 4) is 33.3 Å². The second-order valence-corrected chi connectivity index (χ2v) is 9.11. The highest BCUT2D eigenvalue weighted by molar-refractivity contribution is 7.16. The smallest absolute Gasteiger partial charge is 0.178 e. The molecule has 0 bridgehead atoms. The minimum absolute atomic E-state index is 0.653.